The van der Waals surface area contributed by atoms with Gasteiger partial charge in [-0.2, -0.15) is 0 Å². The van der Waals surface area contributed by atoms with Gasteiger partial charge < -0.3 is 15.7 Å². The number of imide groups is 1. The minimum atomic E-state index is -0.791. The van der Waals surface area contributed by atoms with E-state index in [2.05, 4.69) is 10.6 Å². The minimum Gasteiger partial charge on any atom is -0.387 e. The molecule has 0 aliphatic carbocycles. The minimum absolute atomic E-state index is 0.0707. The zero-order valence-corrected chi connectivity index (χ0v) is 11.9. The molecule has 0 saturated carbocycles. The lowest BCUT2D eigenvalue weighted by atomic mass is 10.1. The number of nitrogens with one attached hydrogen (secondary N) is 2. The van der Waals surface area contributed by atoms with Crippen molar-refractivity contribution in [2.24, 2.45) is 0 Å². The summed E-state index contributed by atoms with van der Waals surface area (Å²) in [4.78, 5) is 25.2. The second kappa shape index (κ2) is 6.62. The van der Waals surface area contributed by atoms with Gasteiger partial charge in [0.2, 0.25) is 0 Å². The van der Waals surface area contributed by atoms with Crippen molar-refractivity contribution in [2.75, 3.05) is 25.9 Å². The molecule has 1 aliphatic rings. The van der Waals surface area contributed by atoms with Gasteiger partial charge in [-0.1, -0.05) is 12.1 Å². The number of aliphatic hydroxyl groups is 1. The molecule has 1 atom stereocenters. The fourth-order valence-corrected chi connectivity index (χ4v) is 2.30. The Hall–Kier alpha value is -1.73. The molecule has 1 aliphatic heterocycles. The van der Waals surface area contributed by atoms with Gasteiger partial charge in [0.15, 0.2) is 0 Å². The van der Waals surface area contributed by atoms with Gasteiger partial charge >= 0.3 is 12.1 Å². The maximum atomic E-state index is 11.7. The van der Waals surface area contributed by atoms with E-state index in [0.29, 0.717) is 13.1 Å². The normalized spacial score (nSPS) is 15.9. The van der Waals surface area contributed by atoms with Gasteiger partial charge in [0, 0.05) is 24.5 Å². The fraction of sp³-hybridized carbons (Fsp3) is 0.385. The van der Waals surface area contributed by atoms with Gasteiger partial charge in [-0.3, -0.25) is 0 Å². The van der Waals surface area contributed by atoms with E-state index in [9.17, 15) is 14.7 Å². The van der Waals surface area contributed by atoms with E-state index in [-0.39, 0.29) is 6.54 Å². The first kappa shape index (κ1) is 14.7. The highest BCUT2D eigenvalue weighted by Gasteiger charge is 2.26. The Balaban J connectivity index is 1.86. The monoisotopic (exact) mass is 295 g/mol. The van der Waals surface area contributed by atoms with Crippen LogP contribution in [-0.4, -0.2) is 48.0 Å². The third kappa shape index (κ3) is 3.43. The Kier molecular flexibility index (Phi) is 4.86. The molecule has 0 radical (unpaired) electrons. The van der Waals surface area contributed by atoms with Crippen molar-refractivity contribution < 1.29 is 14.7 Å². The SMILES string of the molecule is CSc1ccc([C@H](O)CNC(=O)N2CCNC2=O)cc1. The molecule has 1 aromatic rings. The summed E-state index contributed by atoms with van der Waals surface area (Å²) in [7, 11) is 0. The Labute approximate surface area is 121 Å². The van der Waals surface area contributed by atoms with E-state index >= 15 is 0 Å². The number of hydrogen-bond acceptors (Lipinski definition) is 4. The van der Waals surface area contributed by atoms with Gasteiger partial charge in [-0.15, -0.1) is 11.8 Å². The van der Waals surface area contributed by atoms with Crippen LogP contribution in [0.25, 0.3) is 0 Å². The smallest absolute Gasteiger partial charge is 0.325 e. The first-order valence-corrected chi connectivity index (χ1v) is 7.49. The predicted octanol–water partition coefficient (Wildman–Crippen LogP) is 1.18. The lowest BCUT2D eigenvalue weighted by molar-refractivity contribution is 0.165. The van der Waals surface area contributed by atoms with Crippen LogP contribution >= 0.6 is 11.8 Å². The summed E-state index contributed by atoms with van der Waals surface area (Å²) in [6, 6.07) is 6.59. The largest absolute Gasteiger partial charge is 0.387 e. The Morgan fingerprint density at radius 2 is 2.20 bits per heavy atom. The molecule has 1 saturated heterocycles. The van der Waals surface area contributed by atoms with Crippen LogP contribution in [0.5, 0.6) is 0 Å². The molecular formula is C13H17N3O3S. The lowest BCUT2D eigenvalue weighted by Crippen LogP contribution is -2.43. The predicted molar refractivity (Wildman–Crippen MR) is 76.7 cm³/mol. The number of carbonyl (C=O) groups excluding carboxylic acids is 2. The van der Waals surface area contributed by atoms with E-state index < -0.39 is 18.2 Å². The molecule has 1 fully saturated rings. The number of hydrogen-bond donors (Lipinski definition) is 3. The molecule has 7 heteroatoms. The van der Waals surface area contributed by atoms with Gasteiger partial charge in [-0.05, 0) is 24.0 Å². The first-order valence-electron chi connectivity index (χ1n) is 6.27. The topological polar surface area (TPSA) is 81.7 Å². The summed E-state index contributed by atoms with van der Waals surface area (Å²) in [6.45, 7) is 0.884. The molecule has 0 aromatic heterocycles. The van der Waals surface area contributed by atoms with Gasteiger partial charge in [0.25, 0.3) is 0 Å². The van der Waals surface area contributed by atoms with Crippen molar-refractivity contribution in [1.82, 2.24) is 15.5 Å². The summed E-state index contributed by atoms with van der Waals surface area (Å²) in [6.07, 6.45) is 1.19. The van der Waals surface area contributed by atoms with Crippen LogP contribution in [0.15, 0.2) is 29.2 Å². The maximum absolute atomic E-state index is 11.7. The molecule has 1 heterocycles. The van der Waals surface area contributed by atoms with Crippen molar-refractivity contribution in [3.05, 3.63) is 29.8 Å². The molecule has 3 N–H and O–H groups in total. The van der Waals surface area contributed by atoms with Gasteiger partial charge in [-0.25, -0.2) is 14.5 Å². The van der Waals surface area contributed by atoms with Crippen molar-refractivity contribution in [3.63, 3.8) is 0 Å². The third-order valence-electron chi connectivity index (χ3n) is 3.05. The summed E-state index contributed by atoms with van der Waals surface area (Å²) >= 11 is 1.62. The van der Waals surface area contributed by atoms with Crippen LogP contribution in [0, 0.1) is 0 Å². The molecule has 6 nitrogen and oxygen atoms in total. The molecule has 4 amide bonds. The Morgan fingerprint density at radius 1 is 1.50 bits per heavy atom. The molecule has 0 unspecified atom stereocenters. The molecule has 2 rings (SSSR count). The fourth-order valence-electron chi connectivity index (χ4n) is 1.89. The number of urea groups is 2. The van der Waals surface area contributed by atoms with E-state index in [1.54, 1.807) is 11.8 Å². The molecule has 20 heavy (non-hydrogen) atoms. The lowest BCUT2D eigenvalue weighted by Gasteiger charge is -2.16. The van der Waals surface area contributed by atoms with Gasteiger partial charge in [0.1, 0.15) is 0 Å². The number of aliphatic hydroxyl groups excluding tert-OH is 1. The van der Waals surface area contributed by atoms with E-state index in [4.69, 9.17) is 0 Å². The molecular weight excluding hydrogens is 278 g/mol. The Bertz CT molecular complexity index is 492. The van der Waals surface area contributed by atoms with Crippen molar-refractivity contribution in [3.8, 4) is 0 Å². The first-order chi connectivity index (χ1) is 9.61. The highest BCUT2D eigenvalue weighted by atomic mass is 32.2. The van der Waals surface area contributed by atoms with Crippen molar-refractivity contribution in [2.45, 2.75) is 11.0 Å². The zero-order chi connectivity index (χ0) is 14.5. The van der Waals surface area contributed by atoms with Crippen LogP contribution in [-0.2, 0) is 0 Å². The van der Waals surface area contributed by atoms with E-state index in [0.717, 1.165) is 15.4 Å². The van der Waals surface area contributed by atoms with Crippen molar-refractivity contribution in [1.29, 1.82) is 0 Å². The zero-order valence-electron chi connectivity index (χ0n) is 11.1. The number of amides is 4. The number of nitrogens with zero attached hydrogens (tertiary/aromatic N) is 1. The second-order valence-electron chi connectivity index (χ2n) is 4.36. The molecule has 0 bridgehead atoms. The molecule has 108 valence electrons. The van der Waals surface area contributed by atoms with Crippen LogP contribution in [0.2, 0.25) is 0 Å². The number of rotatable bonds is 4. The summed E-state index contributed by atoms with van der Waals surface area (Å²) in [5.74, 6) is 0. The highest BCUT2D eigenvalue weighted by Crippen LogP contribution is 2.18. The third-order valence-corrected chi connectivity index (χ3v) is 3.79. The van der Waals surface area contributed by atoms with Crippen LogP contribution in [0.1, 0.15) is 11.7 Å². The standard InChI is InChI=1S/C13H17N3O3S/c1-20-10-4-2-9(3-5-10)11(17)8-15-13(19)16-7-6-14-12(16)18/h2-5,11,17H,6-8H2,1H3,(H,14,18)(H,15,19)/t11-/m1/s1. The quantitative estimate of drug-likeness (QED) is 0.729. The van der Waals surface area contributed by atoms with Gasteiger partial charge in [0.05, 0.1) is 6.10 Å². The summed E-state index contributed by atoms with van der Waals surface area (Å²) in [5, 5.41) is 15.1. The maximum Gasteiger partial charge on any atom is 0.325 e. The number of thioether (sulfide) groups is 1. The summed E-state index contributed by atoms with van der Waals surface area (Å²) < 4.78 is 0. The molecule has 1 aromatic carbocycles. The Morgan fingerprint density at radius 3 is 2.75 bits per heavy atom. The van der Waals surface area contributed by atoms with Crippen LogP contribution in [0.4, 0.5) is 9.59 Å². The number of benzene rings is 1. The number of carbonyl (C=O) groups is 2. The van der Waals surface area contributed by atoms with Crippen LogP contribution in [0.3, 0.4) is 0 Å². The van der Waals surface area contributed by atoms with Crippen LogP contribution < -0.4 is 10.6 Å². The molecule has 0 spiro atoms. The highest BCUT2D eigenvalue weighted by molar-refractivity contribution is 7.98. The average molecular weight is 295 g/mol. The second-order valence-corrected chi connectivity index (χ2v) is 5.24. The van der Waals surface area contributed by atoms with Crippen molar-refractivity contribution >= 4 is 23.8 Å². The average Bonchev–Trinajstić information content (AvgIpc) is 2.90. The summed E-state index contributed by atoms with van der Waals surface area (Å²) in [5.41, 5.74) is 0.731. The van der Waals surface area contributed by atoms with E-state index in [1.165, 1.54) is 0 Å². The van der Waals surface area contributed by atoms with E-state index in [1.807, 2.05) is 30.5 Å².